The summed E-state index contributed by atoms with van der Waals surface area (Å²) in [7, 11) is 0. The van der Waals surface area contributed by atoms with Crippen LogP contribution in [0.4, 0.5) is 11.4 Å². The summed E-state index contributed by atoms with van der Waals surface area (Å²) in [6.07, 6.45) is 4.36. The number of hydrogen-bond acceptors (Lipinski definition) is 4. The van der Waals surface area contributed by atoms with Crippen LogP contribution in [-0.2, 0) is 14.9 Å². The van der Waals surface area contributed by atoms with Gasteiger partial charge >= 0.3 is 0 Å². The van der Waals surface area contributed by atoms with Gasteiger partial charge in [-0.25, -0.2) is 0 Å². The first kappa shape index (κ1) is 21.2. The van der Waals surface area contributed by atoms with Crippen molar-refractivity contribution in [3.8, 4) is 0 Å². The Hall–Kier alpha value is -3.03. The highest BCUT2D eigenvalue weighted by atomic mass is 79.9. The number of ether oxygens (including phenoxy) is 1. The second kappa shape index (κ2) is 9.41. The number of carbonyl (C=O) groups excluding carboxylic acids is 2. The number of pyridine rings is 1. The molecule has 0 unspecified atom stereocenters. The maximum atomic E-state index is 13.5. The third kappa shape index (κ3) is 4.84. The van der Waals surface area contributed by atoms with Crippen molar-refractivity contribution in [2.45, 2.75) is 18.3 Å². The van der Waals surface area contributed by atoms with E-state index in [4.69, 9.17) is 4.74 Å². The molecule has 2 amide bonds. The van der Waals surface area contributed by atoms with E-state index in [2.05, 4.69) is 31.5 Å². The van der Waals surface area contributed by atoms with Gasteiger partial charge < -0.3 is 15.4 Å². The molecule has 1 aliphatic rings. The first-order valence-corrected chi connectivity index (χ1v) is 10.8. The number of benzene rings is 2. The molecular formula is C24H22BrN3O3. The van der Waals surface area contributed by atoms with Crippen molar-refractivity contribution in [3.63, 3.8) is 0 Å². The van der Waals surface area contributed by atoms with Gasteiger partial charge in [0.1, 0.15) is 0 Å². The molecule has 0 spiro atoms. The Morgan fingerprint density at radius 2 is 1.55 bits per heavy atom. The quantitative estimate of drug-likeness (QED) is 0.551. The minimum atomic E-state index is -0.657. The van der Waals surface area contributed by atoms with Crippen LogP contribution in [0.2, 0.25) is 0 Å². The van der Waals surface area contributed by atoms with Crippen molar-refractivity contribution in [1.82, 2.24) is 4.98 Å². The predicted octanol–water partition coefficient (Wildman–Crippen LogP) is 4.78. The van der Waals surface area contributed by atoms with Crippen molar-refractivity contribution >= 4 is 39.1 Å². The largest absolute Gasteiger partial charge is 0.381 e. The van der Waals surface area contributed by atoms with E-state index in [1.807, 2.05) is 30.3 Å². The maximum absolute atomic E-state index is 13.5. The summed E-state index contributed by atoms with van der Waals surface area (Å²) < 4.78 is 6.50. The lowest BCUT2D eigenvalue weighted by atomic mass is 9.73. The van der Waals surface area contributed by atoms with Gasteiger partial charge in [-0.2, -0.15) is 0 Å². The van der Waals surface area contributed by atoms with E-state index < -0.39 is 5.41 Å². The van der Waals surface area contributed by atoms with E-state index in [9.17, 15) is 9.59 Å². The number of nitrogens with one attached hydrogen (secondary N) is 2. The van der Waals surface area contributed by atoms with Gasteiger partial charge in [-0.05, 0) is 60.9 Å². The van der Waals surface area contributed by atoms with E-state index in [0.717, 1.165) is 10.0 Å². The SMILES string of the molecule is O=C(Nc1cccc(NC(=O)C2(c3ccc(Br)cc3)CCOCC2)c1)c1ccncc1. The van der Waals surface area contributed by atoms with Crippen LogP contribution in [0.5, 0.6) is 0 Å². The second-order valence-corrected chi connectivity index (χ2v) is 8.34. The molecule has 158 valence electrons. The number of anilines is 2. The summed E-state index contributed by atoms with van der Waals surface area (Å²) >= 11 is 3.46. The second-order valence-electron chi connectivity index (χ2n) is 7.43. The van der Waals surface area contributed by atoms with Crippen LogP contribution >= 0.6 is 15.9 Å². The lowest BCUT2D eigenvalue weighted by Gasteiger charge is -2.36. The minimum Gasteiger partial charge on any atom is -0.381 e. The zero-order chi connectivity index (χ0) is 21.7. The normalized spacial score (nSPS) is 15.1. The van der Waals surface area contributed by atoms with E-state index in [1.54, 1.807) is 42.7 Å². The summed E-state index contributed by atoms with van der Waals surface area (Å²) in [5.41, 5.74) is 2.05. The van der Waals surface area contributed by atoms with E-state index in [0.29, 0.717) is 43.0 Å². The molecule has 0 saturated carbocycles. The molecule has 1 aliphatic heterocycles. The van der Waals surface area contributed by atoms with E-state index in [1.165, 1.54) is 0 Å². The molecule has 31 heavy (non-hydrogen) atoms. The molecule has 2 heterocycles. The van der Waals surface area contributed by atoms with Crippen molar-refractivity contribution in [1.29, 1.82) is 0 Å². The average Bonchev–Trinajstić information content (AvgIpc) is 2.81. The topological polar surface area (TPSA) is 80.3 Å². The number of carbonyl (C=O) groups is 2. The highest BCUT2D eigenvalue weighted by Gasteiger charge is 2.41. The molecule has 1 saturated heterocycles. The van der Waals surface area contributed by atoms with E-state index >= 15 is 0 Å². The molecule has 4 rings (SSSR count). The average molecular weight is 480 g/mol. The van der Waals surface area contributed by atoms with Gasteiger partial charge in [0.05, 0.1) is 5.41 Å². The number of aromatic nitrogens is 1. The van der Waals surface area contributed by atoms with Gasteiger partial charge in [-0.3, -0.25) is 14.6 Å². The van der Waals surface area contributed by atoms with Crippen LogP contribution < -0.4 is 10.6 Å². The Morgan fingerprint density at radius 1 is 0.903 bits per heavy atom. The van der Waals surface area contributed by atoms with Crippen LogP contribution in [0.15, 0.2) is 77.5 Å². The molecule has 1 aromatic heterocycles. The third-order valence-electron chi connectivity index (χ3n) is 5.50. The van der Waals surface area contributed by atoms with Gasteiger partial charge in [0, 0.05) is 47.0 Å². The fourth-order valence-electron chi connectivity index (χ4n) is 3.77. The van der Waals surface area contributed by atoms with Crippen molar-refractivity contribution in [2.75, 3.05) is 23.8 Å². The highest BCUT2D eigenvalue weighted by Crippen LogP contribution is 2.37. The molecule has 0 atom stereocenters. The molecule has 2 aromatic carbocycles. The van der Waals surface area contributed by atoms with Gasteiger partial charge in [0.25, 0.3) is 5.91 Å². The lowest BCUT2D eigenvalue weighted by molar-refractivity contribution is -0.125. The molecule has 0 aliphatic carbocycles. The summed E-state index contributed by atoms with van der Waals surface area (Å²) in [4.78, 5) is 29.8. The maximum Gasteiger partial charge on any atom is 0.255 e. The Kier molecular flexibility index (Phi) is 6.44. The van der Waals surface area contributed by atoms with Gasteiger partial charge in [-0.1, -0.05) is 34.1 Å². The minimum absolute atomic E-state index is 0.0734. The molecular weight excluding hydrogens is 458 g/mol. The summed E-state index contributed by atoms with van der Waals surface area (Å²) in [6.45, 7) is 1.07. The standard InChI is InChI=1S/C24H22BrN3O3/c25-19-6-4-18(5-7-19)24(10-14-31-15-11-24)23(30)28-21-3-1-2-20(16-21)27-22(29)17-8-12-26-13-9-17/h1-9,12-13,16H,10-11,14-15H2,(H,27,29)(H,28,30). The summed E-state index contributed by atoms with van der Waals surface area (Å²) in [5, 5.41) is 5.91. The number of nitrogens with zero attached hydrogens (tertiary/aromatic N) is 1. The molecule has 0 bridgehead atoms. The first-order valence-electron chi connectivity index (χ1n) is 10.0. The number of amides is 2. The van der Waals surface area contributed by atoms with Gasteiger partial charge in [-0.15, -0.1) is 0 Å². The zero-order valence-electron chi connectivity index (χ0n) is 16.8. The molecule has 0 radical (unpaired) electrons. The lowest BCUT2D eigenvalue weighted by Crippen LogP contribution is -2.44. The zero-order valence-corrected chi connectivity index (χ0v) is 18.4. The first-order chi connectivity index (χ1) is 15.1. The highest BCUT2D eigenvalue weighted by molar-refractivity contribution is 9.10. The Labute approximate surface area is 189 Å². The van der Waals surface area contributed by atoms with Crippen LogP contribution in [0, 0.1) is 0 Å². The smallest absolute Gasteiger partial charge is 0.255 e. The van der Waals surface area contributed by atoms with Crippen LogP contribution in [0.1, 0.15) is 28.8 Å². The van der Waals surface area contributed by atoms with Crippen LogP contribution in [0.25, 0.3) is 0 Å². The van der Waals surface area contributed by atoms with Crippen molar-refractivity contribution in [3.05, 3.63) is 88.7 Å². The molecule has 6 nitrogen and oxygen atoms in total. The molecule has 1 fully saturated rings. The van der Waals surface area contributed by atoms with Gasteiger partial charge in [0.2, 0.25) is 5.91 Å². The van der Waals surface area contributed by atoms with Crippen molar-refractivity contribution in [2.24, 2.45) is 0 Å². The predicted molar refractivity (Wildman–Crippen MR) is 123 cm³/mol. The number of halogens is 1. The van der Waals surface area contributed by atoms with Gasteiger partial charge in [0.15, 0.2) is 0 Å². The summed E-state index contributed by atoms with van der Waals surface area (Å²) in [5.74, 6) is -0.308. The fourth-order valence-corrected chi connectivity index (χ4v) is 4.03. The van der Waals surface area contributed by atoms with E-state index in [-0.39, 0.29) is 11.8 Å². The monoisotopic (exact) mass is 479 g/mol. The summed E-state index contributed by atoms with van der Waals surface area (Å²) in [6, 6.07) is 18.3. The number of hydrogen-bond donors (Lipinski definition) is 2. The number of rotatable bonds is 5. The third-order valence-corrected chi connectivity index (χ3v) is 6.03. The Bertz CT molecular complexity index is 1060. The van der Waals surface area contributed by atoms with Crippen LogP contribution in [-0.4, -0.2) is 30.0 Å². The fraction of sp³-hybridized carbons (Fsp3) is 0.208. The molecule has 7 heteroatoms. The Morgan fingerprint density at radius 3 is 2.23 bits per heavy atom. The molecule has 3 aromatic rings. The Balaban J connectivity index is 1.53. The van der Waals surface area contributed by atoms with Crippen LogP contribution in [0.3, 0.4) is 0 Å². The molecule has 2 N–H and O–H groups in total. The van der Waals surface area contributed by atoms with Crippen molar-refractivity contribution < 1.29 is 14.3 Å².